The Morgan fingerprint density at radius 1 is 1.00 bits per heavy atom. The highest BCUT2D eigenvalue weighted by molar-refractivity contribution is 7.13. The van der Waals surface area contributed by atoms with Gasteiger partial charge in [-0.15, -0.1) is 11.3 Å². The Kier molecular flexibility index (Phi) is 5.75. The number of rotatable bonds is 5. The Morgan fingerprint density at radius 3 is 2.17 bits per heavy atom. The molecular weight excluding hydrogens is 384 g/mol. The predicted molar refractivity (Wildman–Crippen MR) is 118 cm³/mol. The van der Waals surface area contributed by atoms with E-state index in [2.05, 4.69) is 26.1 Å². The largest absolute Gasteiger partial charge is 0.497 e. The molecule has 3 N–H and O–H groups in total. The van der Waals surface area contributed by atoms with Crippen LogP contribution in [0, 0.1) is 0 Å². The van der Waals surface area contributed by atoms with E-state index in [4.69, 9.17) is 10.5 Å². The highest BCUT2D eigenvalue weighted by Crippen LogP contribution is 2.30. The van der Waals surface area contributed by atoms with E-state index in [0.29, 0.717) is 27.6 Å². The van der Waals surface area contributed by atoms with Crippen molar-refractivity contribution in [3.8, 4) is 5.75 Å². The van der Waals surface area contributed by atoms with Crippen LogP contribution in [0.15, 0.2) is 53.9 Å². The fourth-order valence-electron chi connectivity index (χ4n) is 2.90. The van der Waals surface area contributed by atoms with Gasteiger partial charge in [0.2, 0.25) is 0 Å². The van der Waals surface area contributed by atoms with Crippen LogP contribution in [-0.4, -0.2) is 18.8 Å². The van der Waals surface area contributed by atoms with E-state index in [1.807, 2.05) is 12.1 Å². The van der Waals surface area contributed by atoms with E-state index in [0.717, 1.165) is 16.9 Å². The van der Waals surface area contributed by atoms with Crippen LogP contribution < -0.4 is 15.8 Å². The molecule has 0 unspecified atom stereocenters. The van der Waals surface area contributed by atoms with Gasteiger partial charge in [-0.05, 0) is 35.2 Å². The second-order valence-corrected chi connectivity index (χ2v) is 8.61. The fourth-order valence-corrected chi connectivity index (χ4v) is 3.75. The Bertz CT molecular complexity index is 1030. The molecule has 0 saturated carbocycles. The third-order valence-electron chi connectivity index (χ3n) is 4.61. The summed E-state index contributed by atoms with van der Waals surface area (Å²) in [6.07, 6.45) is 0. The number of carbonyl (C=O) groups is 2. The summed E-state index contributed by atoms with van der Waals surface area (Å²) in [5.41, 5.74) is 8.82. The number of anilines is 2. The quantitative estimate of drug-likeness (QED) is 0.574. The van der Waals surface area contributed by atoms with Gasteiger partial charge in [-0.25, -0.2) is 0 Å². The van der Waals surface area contributed by atoms with Gasteiger partial charge in [0, 0.05) is 16.6 Å². The van der Waals surface area contributed by atoms with Gasteiger partial charge in [0.15, 0.2) is 5.78 Å². The molecule has 0 bridgehead atoms. The number of benzene rings is 2. The standard InChI is InChI=1S/C23H24N2O3S/c1-23(2,3)15-7-5-14(6-8-15)20(26)19-18(24)13-29-21(19)22(27)25-16-9-11-17(28-4)12-10-16/h5-13H,24H2,1-4H3,(H,25,27). The van der Waals surface area contributed by atoms with E-state index in [-0.39, 0.29) is 22.7 Å². The van der Waals surface area contributed by atoms with Crippen molar-refractivity contribution in [2.24, 2.45) is 0 Å². The average Bonchev–Trinajstić information content (AvgIpc) is 3.09. The second kappa shape index (κ2) is 8.09. The minimum Gasteiger partial charge on any atom is -0.497 e. The number of ether oxygens (including phenoxy) is 1. The van der Waals surface area contributed by atoms with E-state index in [1.54, 1.807) is 48.9 Å². The molecule has 29 heavy (non-hydrogen) atoms. The van der Waals surface area contributed by atoms with Crippen LogP contribution in [-0.2, 0) is 5.41 Å². The SMILES string of the molecule is COc1ccc(NC(=O)c2scc(N)c2C(=O)c2ccc(C(C)(C)C)cc2)cc1. The van der Waals surface area contributed by atoms with Gasteiger partial charge in [-0.1, -0.05) is 45.0 Å². The van der Waals surface area contributed by atoms with Crippen molar-refractivity contribution in [2.75, 3.05) is 18.2 Å². The molecule has 0 aliphatic carbocycles. The molecule has 0 fully saturated rings. The van der Waals surface area contributed by atoms with E-state index in [9.17, 15) is 9.59 Å². The smallest absolute Gasteiger partial charge is 0.266 e. The Morgan fingerprint density at radius 2 is 1.62 bits per heavy atom. The van der Waals surface area contributed by atoms with Crippen molar-refractivity contribution in [1.29, 1.82) is 0 Å². The summed E-state index contributed by atoms with van der Waals surface area (Å²) in [6, 6.07) is 14.4. The maximum Gasteiger partial charge on any atom is 0.266 e. The van der Waals surface area contributed by atoms with E-state index >= 15 is 0 Å². The summed E-state index contributed by atoms with van der Waals surface area (Å²) in [5.74, 6) is 0.0635. The molecule has 0 aliphatic heterocycles. The Labute approximate surface area is 174 Å². The number of ketones is 1. The maximum absolute atomic E-state index is 13.1. The summed E-state index contributed by atoms with van der Waals surface area (Å²) in [4.78, 5) is 26.2. The molecule has 0 saturated heterocycles. The van der Waals surface area contributed by atoms with E-state index in [1.165, 1.54) is 0 Å². The van der Waals surface area contributed by atoms with Gasteiger partial charge >= 0.3 is 0 Å². The summed E-state index contributed by atoms with van der Waals surface area (Å²) < 4.78 is 5.12. The molecule has 0 spiro atoms. The highest BCUT2D eigenvalue weighted by Gasteiger charge is 2.24. The van der Waals surface area contributed by atoms with Gasteiger partial charge < -0.3 is 15.8 Å². The molecule has 1 amide bonds. The molecule has 3 rings (SSSR count). The highest BCUT2D eigenvalue weighted by atomic mass is 32.1. The molecule has 150 valence electrons. The number of methoxy groups -OCH3 is 1. The predicted octanol–water partition coefficient (Wildman–Crippen LogP) is 5.12. The summed E-state index contributed by atoms with van der Waals surface area (Å²) >= 11 is 1.16. The molecule has 6 heteroatoms. The molecular formula is C23H24N2O3S. The first-order valence-corrected chi connectivity index (χ1v) is 10.1. The molecule has 0 radical (unpaired) electrons. The summed E-state index contributed by atoms with van der Waals surface area (Å²) in [7, 11) is 1.58. The van der Waals surface area contributed by atoms with Gasteiger partial charge in [-0.3, -0.25) is 9.59 Å². The number of amides is 1. The zero-order valence-corrected chi connectivity index (χ0v) is 17.7. The van der Waals surface area contributed by atoms with Gasteiger partial charge in [-0.2, -0.15) is 0 Å². The third kappa shape index (κ3) is 4.49. The molecule has 5 nitrogen and oxygen atoms in total. The molecule has 0 atom stereocenters. The lowest BCUT2D eigenvalue weighted by Crippen LogP contribution is -2.16. The fraction of sp³-hybridized carbons (Fsp3) is 0.217. The van der Waals surface area contributed by atoms with Crippen LogP contribution in [0.25, 0.3) is 0 Å². The van der Waals surface area contributed by atoms with Crippen molar-refractivity contribution < 1.29 is 14.3 Å². The Balaban J connectivity index is 1.86. The third-order valence-corrected chi connectivity index (χ3v) is 5.61. The van der Waals surface area contributed by atoms with Crippen LogP contribution in [0.4, 0.5) is 11.4 Å². The van der Waals surface area contributed by atoms with Crippen LogP contribution in [0.3, 0.4) is 0 Å². The first-order valence-electron chi connectivity index (χ1n) is 9.18. The number of nitrogen functional groups attached to an aromatic ring is 1. The molecule has 1 aromatic heterocycles. The number of nitrogens with two attached hydrogens (primary N) is 1. The van der Waals surface area contributed by atoms with Gasteiger partial charge in [0.1, 0.15) is 10.6 Å². The number of hydrogen-bond donors (Lipinski definition) is 2. The first kappa shape index (κ1) is 20.6. The average molecular weight is 409 g/mol. The lowest BCUT2D eigenvalue weighted by Gasteiger charge is -2.19. The molecule has 1 heterocycles. The molecule has 3 aromatic rings. The second-order valence-electron chi connectivity index (χ2n) is 7.73. The lowest BCUT2D eigenvalue weighted by atomic mass is 9.86. The van der Waals surface area contributed by atoms with Crippen molar-refractivity contribution in [2.45, 2.75) is 26.2 Å². The van der Waals surface area contributed by atoms with Gasteiger partial charge in [0.25, 0.3) is 5.91 Å². The maximum atomic E-state index is 13.1. The zero-order valence-electron chi connectivity index (χ0n) is 16.9. The number of nitrogens with one attached hydrogen (secondary N) is 1. The monoisotopic (exact) mass is 408 g/mol. The van der Waals surface area contributed by atoms with Crippen molar-refractivity contribution in [1.82, 2.24) is 0 Å². The van der Waals surface area contributed by atoms with E-state index < -0.39 is 0 Å². The summed E-state index contributed by atoms with van der Waals surface area (Å²) in [5, 5.41) is 4.43. The molecule has 2 aromatic carbocycles. The van der Waals surface area contributed by atoms with Gasteiger partial charge in [0.05, 0.1) is 18.4 Å². The van der Waals surface area contributed by atoms with Crippen LogP contribution >= 0.6 is 11.3 Å². The molecule has 0 aliphatic rings. The Hall–Kier alpha value is -3.12. The summed E-state index contributed by atoms with van der Waals surface area (Å²) in [6.45, 7) is 6.34. The van der Waals surface area contributed by atoms with Crippen LogP contribution in [0.5, 0.6) is 5.75 Å². The van der Waals surface area contributed by atoms with Crippen molar-refractivity contribution in [3.05, 3.63) is 75.5 Å². The first-order chi connectivity index (χ1) is 13.7. The lowest BCUT2D eigenvalue weighted by molar-refractivity contribution is 0.100. The normalized spacial score (nSPS) is 11.2. The topological polar surface area (TPSA) is 81.4 Å². The minimum absolute atomic E-state index is 0.00754. The van der Waals surface area contributed by atoms with Crippen molar-refractivity contribution >= 4 is 34.4 Å². The number of hydrogen-bond acceptors (Lipinski definition) is 5. The minimum atomic E-state index is -0.369. The number of carbonyl (C=O) groups excluding carboxylic acids is 2. The zero-order chi connectivity index (χ0) is 21.2. The van der Waals surface area contributed by atoms with Crippen molar-refractivity contribution in [3.63, 3.8) is 0 Å². The van der Waals surface area contributed by atoms with Crippen LogP contribution in [0.2, 0.25) is 0 Å². The van der Waals surface area contributed by atoms with Crippen LogP contribution in [0.1, 0.15) is 51.9 Å². The number of thiophene rings is 1.